The Balaban J connectivity index is 2.06. The van der Waals surface area contributed by atoms with E-state index in [-0.39, 0.29) is 18.0 Å². The second-order valence-electron chi connectivity index (χ2n) is 4.16. The average Bonchev–Trinajstić information content (AvgIpc) is 2.41. The molecular formula is C15H14FNO. The van der Waals surface area contributed by atoms with Crippen molar-refractivity contribution in [3.8, 4) is 0 Å². The number of carbonyl (C=O) groups is 1. The third-order valence-electron chi connectivity index (χ3n) is 2.80. The zero-order valence-corrected chi connectivity index (χ0v) is 9.84. The first-order chi connectivity index (χ1) is 8.66. The van der Waals surface area contributed by atoms with Gasteiger partial charge < -0.3 is 5.73 Å². The van der Waals surface area contributed by atoms with Gasteiger partial charge in [-0.05, 0) is 23.3 Å². The molecular weight excluding hydrogens is 229 g/mol. The van der Waals surface area contributed by atoms with Crippen molar-refractivity contribution in [3.05, 3.63) is 71.5 Å². The highest BCUT2D eigenvalue weighted by Crippen LogP contribution is 2.13. The second kappa shape index (κ2) is 5.56. The highest BCUT2D eigenvalue weighted by atomic mass is 19.1. The summed E-state index contributed by atoms with van der Waals surface area (Å²) in [5.74, 6) is -0.383. The Hall–Kier alpha value is -2.00. The lowest BCUT2D eigenvalue weighted by molar-refractivity contribution is -0.119. The molecule has 2 aromatic rings. The van der Waals surface area contributed by atoms with Crippen LogP contribution in [0.1, 0.15) is 17.2 Å². The number of halogens is 1. The molecule has 0 spiro atoms. The SMILES string of the molecule is N[C@@H](C(=O)Cc1ccc(F)cc1)c1ccccc1. The minimum Gasteiger partial charge on any atom is -0.318 e. The predicted octanol–water partition coefficient (Wildman–Crippen LogP) is 2.64. The lowest BCUT2D eigenvalue weighted by Crippen LogP contribution is -2.23. The molecule has 0 bridgehead atoms. The van der Waals surface area contributed by atoms with E-state index < -0.39 is 6.04 Å². The van der Waals surface area contributed by atoms with Gasteiger partial charge in [-0.15, -0.1) is 0 Å². The Labute approximate surface area is 105 Å². The first-order valence-electron chi connectivity index (χ1n) is 5.74. The first kappa shape index (κ1) is 12.5. The van der Waals surface area contributed by atoms with Gasteiger partial charge in [0.15, 0.2) is 5.78 Å². The molecule has 0 saturated heterocycles. The molecule has 0 radical (unpaired) electrons. The number of hydrogen-bond acceptors (Lipinski definition) is 2. The Morgan fingerprint density at radius 2 is 1.67 bits per heavy atom. The van der Waals surface area contributed by atoms with Gasteiger partial charge in [-0.2, -0.15) is 0 Å². The van der Waals surface area contributed by atoms with E-state index in [2.05, 4.69) is 0 Å². The summed E-state index contributed by atoms with van der Waals surface area (Å²) in [6.07, 6.45) is 0.219. The fourth-order valence-electron chi connectivity index (χ4n) is 1.76. The van der Waals surface area contributed by atoms with Gasteiger partial charge in [0.1, 0.15) is 5.82 Å². The normalized spacial score (nSPS) is 12.1. The van der Waals surface area contributed by atoms with Gasteiger partial charge >= 0.3 is 0 Å². The molecule has 2 N–H and O–H groups in total. The molecule has 2 aromatic carbocycles. The van der Waals surface area contributed by atoms with Crippen LogP contribution in [0.3, 0.4) is 0 Å². The number of nitrogens with two attached hydrogens (primary N) is 1. The third kappa shape index (κ3) is 3.02. The molecule has 2 nitrogen and oxygen atoms in total. The van der Waals surface area contributed by atoms with Gasteiger partial charge in [0.05, 0.1) is 6.04 Å². The van der Waals surface area contributed by atoms with E-state index >= 15 is 0 Å². The molecule has 3 heteroatoms. The van der Waals surface area contributed by atoms with Gasteiger partial charge in [0, 0.05) is 6.42 Å². The van der Waals surface area contributed by atoms with Crippen molar-refractivity contribution < 1.29 is 9.18 Å². The zero-order valence-electron chi connectivity index (χ0n) is 9.84. The number of carbonyl (C=O) groups excluding carboxylic acids is 1. The van der Waals surface area contributed by atoms with Gasteiger partial charge in [0.25, 0.3) is 0 Å². The van der Waals surface area contributed by atoms with Crippen molar-refractivity contribution in [2.24, 2.45) is 5.73 Å². The molecule has 92 valence electrons. The number of hydrogen-bond donors (Lipinski definition) is 1. The summed E-state index contributed by atoms with van der Waals surface area (Å²) in [5.41, 5.74) is 7.46. The summed E-state index contributed by atoms with van der Waals surface area (Å²) < 4.78 is 12.7. The van der Waals surface area contributed by atoms with Crippen LogP contribution in [0, 0.1) is 5.82 Å². The maximum absolute atomic E-state index is 12.7. The van der Waals surface area contributed by atoms with E-state index in [0.717, 1.165) is 11.1 Å². The molecule has 0 fully saturated rings. The summed E-state index contributed by atoms with van der Waals surface area (Å²) >= 11 is 0. The minimum atomic E-state index is -0.628. The number of ketones is 1. The smallest absolute Gasteiger partial charge is 0.158 e. The number of Topliss-reactive ketones (excluding diaryl/α,β-unsaturated/α-hetero) is 1. The standard InChI is InChI=1S/C15H14FNO/c16-13-8-6-11(7-9-13)10-14(18)15(17)12-4-2-1-3-5-12/h1-9,15H,10,17H2/t15-/m1/s1. The van der Waals surface area contributed by atoms with Crippen LogP contribution in [0.2, 0.25) is 0 Å². The second-order valence-corrected chi connectivity index (χ2v) is 4.16. The highest BCUT2D eigenvalue weighted by molar-refractivity contribution is 5.87. The quantitative estimate of drug-likeness (QED) is 0.897. The maximum Gasteiger partial charge on any atom is 0.158 e. The monoisotopic (exact) mass is 243 g/mol. The van der Waals surface area contributed by atoms with Gasteiger partial charge in [-0.25, -0.2) is 4.39 Å². The van der Waals surface area contributed by atoms with Crippen molar-refractivity contribution in [1.82, 2.24) is 0 Å². The topological polar surface area (TPSA) is 43.1 Å². The van der Waals surface area contributed by atoms with Gasteiger partial charge in [-0.1, -0.05) is 42.5 Å². The molecule has 2 rings (SSSR count). The molecule has 0 saturated carbocycles. The van der Waals surface area contributed by atoms with E-state index in [1.165, 1.54) is 12.1 Å². The van der Waals surface area contributed by atoms with Crippen molar-refractivity contribution in [3.63, 3.8) is 0 Å². The number of benzene rings is 2. The lowest BCUT2D eigenvalue weighted by atomic mass is 9.98. The van der Waals surface area contributed by atoms with Crippen LogP contribution in [-0.2, 0) is 11.2 Å². The predicted molar refractivity (Wildman–Crippen MR) is 68.5 cm³/mol. The molecule has 0 amide bonds. The van der Waals surface area contributed by atoms with E-state index in [4.69, 9.17) is 5.73 Å². The molecule has 0 aliphatic rings. The Bertz CT molecular complexity index is 522. The minimum absolute atomic E-state index is 0.0761. The highest BCUT2D eigenvalue weighted by Gasteiger charge is 2.15. The molecule has 18 heavy (non-hydrogen) atoms. The molecule has 0 aliphatic heterocycles. The Morgan fingerprint density at radius 3 is 2.28 bits per heavy atom. The van der Waals surface area contributed by atoms with E-state index in [9.17, 15) is 9.18 Å². The van der Waals surface area contributed by atoms with Crippen molar-refractivity contribution >= 4 is 5.78 Å². The summed E-state index contributed by atoms with van der Waals surface area (Å²) in [7, 11) is 0. The molecule has 0 aromatic heterocycles. The Morgan fingerprint density at radius 1 is 1.06 bits per heavy atom. The van der Waals surface area contributed by atoms with Crippen LogP contribution in [0.4, 0.5) is 4.39 Å². The number of rotatable bonds is 4. The lowest BCUT2D eigenvalue weighted by Gasteiger charge is -2.10. The molecule has 0 heterocycles. The van der Waals surface area contributed by atoms with E-state index in [0.29, 0.717) is 0 Å². The third-order valence-corrected chi connectivity index (χ3v) is 2.80. The van der Waals surface area contributed by atoms with Crippen molar-refractivity contribution in [2.45, 2.75) is 12.5 Å². The largest absolute Gasteiger partial charge is 0.318 e. The summed E-state index contributed by atoms with van der Waals surface area (Å²) in [6, 6.07) is 14.5. The Kier molecular flexibility index (Phi) is 3.85. The zero-order chi connectivity index (χ0) is 13.0. The van der Waals surface area contributed by atoms with Crippen molar-refractivity contribution in [2.75, 3.05) is 0 Å². The summed E-state index contributed by atoms with van der Waals surface area (Å²) in [5, 5.41) is 0. The fourth-order valence-corrected chi connectivity index (χ4v) is 1.76. The first-order valence-corrected chi connectivity index (χ1v) is 5.74. The summed E-state index contributed by atoms with van der Waals surface area (Å²) in [4.78, 5) is 12.0. The van der Waals surface area contributed by atoms with Gasteiger partial charge in [-0.3, -0.25) is 4.79 Å². The average molecular weight is 243 g/mol. The molecule has 1 atom stereocenters. The van der Waals surface area contributed by atoms with E-state index in [1.807, 2.05) is 30.3 Å². The van der Waals surface area contributed by atoms with E-state index in [1.54, 1.807) is 12.1 Å². The van der Waals surface area contributed by atoms with Crippen LogP contribution in [-0.4, -0.2) is 5.78 Å². The van der Waals surface area contributed by atoms with Crippen LogP contribution < -0.4 is 5.73 Å². The van der Waals surface area contributed by atoms with Crippen LogP contribution in [0.25, 0.3) is 0 Å². The van der Waals surface area contributed by atoms with Gasteiger partial charge in [0.2, 0.25) is 0 Å². The van der Waals surface area contributed by atoms with Crippen LogP contribution in [0.5, 0.6) is 0 Å². The molecule has 0 aliphatic carbocycles. The molecule has 0 unspecified atom stereocenters. The maximum atomic E-state index is 12.7. The van der Waals surface area contributed by atoms with Crippen LogP contribution >= 0.6 is 0 Å². The van der Waals surface area contributed by atoms with Crippen molar-refractivity contribution in [1.29, 1.82) is 0 Å². The fraction of sp³-hybridized carbons (Fsp3) is 0.133. The van der Waals surface area contributed by atoms with Crippen LogP contribution in [0.15, 0.2) is 54.6 Å². The summed E-state index contributed by atoms with van der Waals surface area (Å²) in [6.45, 7) is 0.